The molecule has 0 bridgehead atoms. The van der Waals surface area contributed by atoms with Crippen molar-refractivity contribution in [2.24, 2.45) is 0 Å². The molecule has 3 aromatic carbocycles. The number of hydrogen-bond donors (Lipinski definition) is 0. The molecule has 0 saturated heterocycles. The van der Waals surface area contributed by atoms with Crippen LogP contribution in [0.4, 0.5) is 5.69 Å². The van der Waals surface area contributed by atoms with Gasteiger partial charge in [0.15, 0.2) is 6.10 Å². The van der Waals surface area contributed by atoms with E-state index >= 15 is 0 Å². The van der Waals surface area contributed by atoms with E-state index in [0.717, 1.165) is 10.8 Å². The number of fused-ring (bicyclic) bond motifs is 1. The van der Waals surface area contributed by atoms with Crippen LogP contribution in [0, 0.1) is 10.1 Å². The summed E-state index contributed by atoms with van der Waals surface area (Å²) in [5.41, 5.74) is 1.31. The normalized spacial score (nSPS) is 11.7. The minimum Gasteiger partial charge on any atom is -0.447 e. The van der Waals surface area contributed by atoms with E-state index in [4.69, 9.17) is 4.74 Å². The van der Waals surface area contributed by atoms with Gasteiger partial charge in [-0.1, -0.05) is 54.6 Å². The number of carbonyl (C=O) groups is 1. The fourth-order valence-corrected chi connectivity index (χ4v) is 3.18. The van der Waals surface area contributed by atoms with Gasteiger partial charge >= 0.3 is 5.97 Å². The van der Waals surface area contributed by atoms with Gasteiger partial charge in [-0.2, -0.15) is 0 Å². The van der Waals surface area contributed by atoms with E-state index in [0.29, 0.717) is 16.8 Å². The average Bonchev–Trinajstić information content (AvgIpc) is 2.77. The number of esters is 1. The molecule has 0 radical (unpaired) electrons. The molecule has 4 aromatic rings. The molecule has 1 heterocycles. The molecule has 142 valence electrons. The highest BCUT2D eigenvalue weighted by Gasteiger charge is 2.25. The number of nitro groups is 1. The molecular weight excluding hydrogens is 368 g/mol. The third-order valence-electron chi connectivity index (χ3n) is 4.57. The standard InChI is InChI=1S/C23H16N2O4/c26-23(17-8-2-1-3-9-17)29-22(18-10-6-11-19(15-18)25(27)28)21-20-12-5-4-7-16(20)13-14-24-21/h1-15,22H. The van der Waals surface area contributed by atoms with Crippen LogP contribution < -0.4 is 0 Å². The summed E-state index contributed by atoms with van der Waals surface area (Å²) >= 11 is 0. The molecule has 29 heavy (non-hydrogen) atoms. The Bertz CT molecular complexity index is 1190. The SMILES string of the molecule is O=C(OC(c1cccc([N+](=O)[O-])c1)c1nccc2ccccc12)c1ccccc1. The number of hydrogen-bond acceptors (Lipinski definition) is 5. The average molecular weight is 384 g/mol. The smallest absolute Gasteiger partial charge is 0.339 e. The van der Waals surface area contributed by atoms with Crippen molar-refractivity contribution in [3.63, 3.8) is 0 Å². The van der Waals surface area contributed by atoms with Crippen LogP contribution in [-0.2, 0) is 4.74 Å². The van der Waals surface area contributed by atoms with Crippen LogP contribution in [0.1, 0.15) is 27.7 Å². The maximum Gasteiger partial charge on any atom is 0.339 e. The lowest BCUT2D eigenvalue weighted by Gasteiger charge is -2.19. The summed E-state index contributed by atoms with van der Waals surface area (Å²) in [5, 5.41) is 13.0. The molecule has 1 aromatic heterocycles. The molecule has 1 atom stereocenters. The van der Waals surface area contributed by atoms with Gasteiger partial charge in [-0.3, -0.25) is 15.1 Å². The van der Waals surface area contributed by atoms with E-state index in [1.54, 1.807) is 48.7 Å². The second-order valence-electron chi connectivity index (χ2n) is 6.42. The predicted octanol–water partition coefficient (Wildman–Crippen LogP) is 5.09. The maximum absolute atomic E-state index is 12.8. The molecular formula is C23H16N2O4. The van der Waals surface area contributed by atoms with Crippen molar-refractivity contribution >= 4 is 22.4 Å². The number of rotatable bonds is 5. The molecule has 6 heteroatoms. The van der Waals surface area contributed by atoms with E-state index in [9.17, 15) is 14.9 Å². The van der Waals surface area contributed by atoms with E-state index in [1.807, 2.05) is 30.3 Å². The van der Waals surface area contributed by atoms with Crippen LogP contribution in [0.25, 0.3) is 10.8 Å². The van der Waals surface area contributed by atoms with Crippen LogP contribution in [0.3, 0.4) is 0 Å². The maximum atomic E-state index is 12.8. The van der Waals surface area contributed by atoms with E-state index in [1.165, 1.54) is 12.1 Å². The largest absolute Gasteiger partial charge is 0.447 e. The Morgan fingerprint density at radius 1 is 0.931 bits per heavy atom. The lowest BCUT2D eigenvalue weighted by molar-refractivity contribution is -0.385. The minimum atomic E-state index is -0.895. The van der Waals surface area contributed by atoms with Crippen molar-refractivity contribution in [3.8, 4) is 0 Å². The number of benzene rings is 3. The zero-order valence-electron chi connectivity index (χ0n) is 15.3. The van der Waals surface area contributed by atoms with Crippen LogP contribution in [0.5, 0.6) is 0 Å². The first kappa shape index (κ1) is 18.3. The number of carbonyl (C=O) groups excluding carboxylic acids is 1. The summed E-state index contributed by atoms with van der Waals surface area (Å²) in [6.45, 7) is 0. The Labute approximate surface area is 166 Å². The molecule has 0 aliphatic carbocycles. The predicted molar refractivity (Wildman–Crippen MR) is 109 cm³/mol. The lowest BCUT2D eigenvalue weighted by Crippen LogP contribution is -2.15. The molecule has 1 unspecified atom stereocenters. The highest BCUT2D eigenvalue weighted by Crippen LogP contribution is 2.32. The minimum absolute atomic E-state index is 0.0801. The first-order chi connectivity index (χ1) is 14.1. The quantitative estimate of drug-likeness (QED) is 0.272. The number of nitrogens with zero attached hydrogens (tertiary/aromatic N) is 2. The molecule has 0 saturated carbocycles. The summed E-state index contributed by atoms with van der Waals surface area (Å²) < 4.78 is 5.83. The van der Waals surface area contributed by atoms with Crippen molar-refractivity contribution < 1.29 is 14.5 Å². The number of ether oxygens (including phenoxy) is 1. The van der Waals surface area contributed by atoms with Crippen molar-refractivity contribution in [3.05, 3.63) is 118 Å². The Kier molecular flexibility index (Phi) is 4.99. The summed E-state index contributed by atoms with van der Waals surface area (Å²) in [7, 11) is 0. The van der Waals surface area contributed by atoms with Gasteiger partial charge in [0.1, 0.15) is 0 Å². The molecule has 0 N–H and O–H groups in total. The summed E-state index contributed by atoms with van der Waals surface area (Å²) in [4.78, 5) is 28.0. The zero-order chi connectivity index (χ0) is 20.2. The fourth-order valence-electron chi connectivity index (χ4n) is 3.18. The second kappa shape index (κ2) is 7.90. The van der Waals surface area contributed by atoms with Gasteiger partial charge in [-0.15, -0.1) is 0 Å². The van der Waals surface area contributed by atoms with Gasteiger partial charge in [-0.05, 0) is 23.6 Å². The van der Waals surface area contributed by atoms with Crippen molar-refractivity contribution in [1.29, 1.82) is 0 Å². The number of pyridine rings is 1. The monoisotopic (exact) mass is 384 g/mol. The van der Waals surface area contributed by atoms with Crippen LogP contribution in [0.15, 0.2) is 91.1 Å². The third-order valence-corrected chi connectivity index (χ3v) is 4.57. The second-order valence-corrected chi connectivity index (χ2v) is 6.42. The van der Waals surface area contributed by atoms with Crippen LogP contribution in [-0.4, -0.2) is 15.9 Å². The van der Waals surface area contributed by atoms with Gasteiger partial charge in [0.25, 0.3) is 5.69 Å². The molecule has 6 nitrogen and oxygen atoms in total. The Morgan fingerprint density at radius 2 is 1.69 bits per heavy atom. The topological polar surface area (TPSA) is 82.3 Å². The third kappa shape index (κ3) is 3.82. The first-order valence-corrected chi connectivity index (χ1v) is 8.97. The zero-order valence-corrected chi connectivity index (χ0v) is 15.3. The summed E-state index contributed by atoms with van der Waals surface area (Å²) in [6.07, 6.45) is 0.743. The van der Waals surface area contributed by atoms with E-state index < -0.39 is 17.0 Å². The molecule has 0 fully saturated rings. The van der Waals surface area contributed by atoms with Gasteiger partial charge in [-0.25, -0.2) is 4.79 Å². The summed E-state index contributed by atoms with van der Waals surface area (Å²) in [5.74, 6) is -0.531. The van der Waals surface area contributed by atoms with E-state index in [2.05, 4.69) is 4.98 Å². The Balaban J connectivity index is 1.84. The molecule has 0 aliphatic rings. The van der Waals surface area contributed by atoms with E-state index in [-0.39, 0.29) is 5.69 Å². The van der Waals surface area contributed by atoms with Crippen molar-refractivity contribution in [1.82, 2.24) is 4.98 Å². The number of aromatic nitrogens is 1. The first-order valence-electron chi connectivity index (χ1n) is 8.97. The molecule has 0 amide bonds. The van der Waals surface area contributed by atoms with Crippen molar-refractivity contribution in [2.45, 2.75) is 6.10 Å². The number of non-ortho nitro benzene ring substituents is 1. The van der Waals surface area contributed by atoms with Crippen molar-refractivity contribution in [2.75, 3.05) is 0 Å². The van der Waals surface area contributed by atoms with Gasteiger partial charge < -0.3 is 4.74 Å². The Morgan fingerprint density at radius 3 is 2.48 bits per heavy atom. The van der Waals surface area contributed by atoms with Gasteiger partial charge in [0.2, 0.25) is 0 Å². The van der Waals surface area contributed by atoms with Crippen LogP contribution in [0.2, 0.25) is 0 Å². The van der Waals surface area contributed by atoms with Gasteiger partial charge in [0.05, 0.1) is 16.2 Å². The fraction of sp³-hybridized carbons (Fsp3) is 0.0435. The number of nitro benzene ring substituents is 1. The molecule has 4 rings (SSSR count). The molecule has 0 aliphatic heterocycles. The lowest BCUT2D eigenvalue weighted by atomic mass is 10.00. The van der Waals surface area contributed by atoms with Crippen LogP contribution >= 0.6 is 0 Å². The summed E-state index contributed by atoms with van der Waals surface area (Å²) in [6, 6.07) is 24.1. The highest BCUT2D eigenvalue weighted by atomic mass is 16.6. The highest BCUT2D eigenvalue weighted by molar-refractivity contribution is 5.90. The van der Waals surface area contributed by atoms with Gasteiger partial charge in [0, 0.05) is 29.3 Å². The molecule has 0 spiro atoms. The Hall–Kier alpha value is -4.06.